The van der Waals surface area contributed by atoms with Gasteiger partial charge in [0.15, 0.2) is 0 Å². The van der Waals surface area contributed by atoms with Crippen molar-refractivity contribution in [2.24, 2.45) is 5.73 Å². The van der Waals surface area contributed by atoms with Crippen LogP contribution in [0.2, 0.25) is 0 Å². The van der Waals surface area contributed by atoms with Gasteiger partial charge < -0.3 is 10.6 Å². The van der Waals surface area contributed by atoms with Crippen molar-refractivity contribution in [3.8, 4) is 0 Å². The van der Waals surface area contributed by atoms with E-state index in [1.54, 1.807) is 54.6 Å². The van der Waals surface area contributed by atoms with Crippen LogP contribution in [0.15, 0.2) is 79.4 Å². The van der Waals surface area contributed by atoms with E-state index in [1.165, 1.54) is 11.0 Å². The van der Waals surface area contributed by atoms with Gasteiger partial charge in [0.05, 0.1) is 6.04 Å². The Bertz CT molecular complexity index is 1130. The molecule has 0 spiro atoms. The Morgan fingerprint density at radius 1 is 1.06 bits per heavy atom. The fourth-order valence-electron chi connectivity index (χ4n) is 4.35. The average molecular weight is 414 g/mol. The van der Waals surface area contributed by atoms with E-state index in [2.05, 4.69) is 6.58 Å². The summed E-state index contributed by atoms with van der Waals surface area (Å²) in [6.45, 7) is 3.74. The number of rotatable bonds is 6. The molecule has 4 nitrogen and oxygen atoms in total. The van der Waals surface area contributed by atoms with Gasteiger partial charge >= 0.3 is 0 Å². The monoisotopic (exact) mass is 414 g/mol. The average Bonchev–Trinajstić information content (AvgIpc) is 3.22. The van der Waals surface area contributed by atoms with E-state index < -0.39 is 18.0 Å². The van der Waals surface area contributed by atoms with E-state index in [9.17, 15) is 14.0 Å². The normalized spacial score (nSPS) is 15.7. The first-order chi connectivity index (χ1) is 15.0. The first kappa shape index (κ1) is 20.5. The number of fused-ring (bicyclic) bond motifs is 1. The van der Waals surface area contributed by atoms with Crippen LogP contribution >= 0.6 is 0 Å². The van der Waals surface area contributed by atoms with Gasteiger partial charge in [-0.25, -0.2) is 4.39 Å². The predicted molar refractivity (Wildman–Crippen MR) is 119 cm³/mol. The highest BCUT2D eigenvalue weighted by Gasteiger charge is 2.40. The van der Waals surface area contributed by atoms with Gasteiger partial charge in [-0.2, -0.15) is 0 Å². The largest absolute Gasteiger partial charge is 0.368 e. The number of benzene rings is 3. The summed E-state index contributed by atoms with van der Waals surface area (Å²) in [6.07, 6.45) is 2.55. The summed E-state index contributed by atoms with van der Waals surface area (Å²) in [6, 6.07) is 19.6. The third-order valence-electron chi connectivity index (χ3n) is 5.77. The van der Waals surface area contributed by atoms with Gasteiger partial charge in [0, 0.05) is 5.56 Å². The van der Waals surface area contributed by atoms with Crippen molar-refractivity contribution >= 4 is 17.9 Å². The molecule has 0 unspecified atom stereocenters. The quantitative estimate of drug-likeness (QED) is 0.628. The number of nitrogens with two attached hydrogens (primary N) is 1. The van der Waals surface area contributed by atoms with E-state index in [0.29, 0.717) is 40.7 Å². The fourth-order valence-corrected chi connectivity index (χ4v) is 4.35. The maximum Gasteiger partial charge on any atom is 0.255 e. The predicted octanol–water partition coefficient (Wildman–Crippen LogP) is 4.83. The van der Waals surface area contributed by atoms with Crippen LogP contribution in [0.5, 0.6) is 0 Å². The van der Waals surface area contributed by atoms with Crippen molar-refractivity contribution in [2.45, 2.75) is 24.9 Å². The summed E-state index contributed by atoms with van der Waals surface area (Å²) in [7, 11) is 0. The molecule has 0 aromatic heterocycles. The molecule has 2 atom stereocenters. The van der Waals surface area contributed by atoms with E-state index in [1.807, 2.05) is 18.2 Å². The summed E-state index contributed by atoms with van der Waals surface area (Å²) < 4.78 is 14.7. The Morgan fingerprint density at radius 2 is 1.71 bits per heavy atom. The summed E-state index contributed by atoms with van der Waals surface area (Å²) >= 11 is 0. The number of primary amides is 1. The summed E-state index contributed by atoms with van der Waals surface area (Å²) in [4.78, 5) is 27.9. The van der Waals surface area contributed by atoms with Crippen LogP contribution in [-0.4, -0.2) is 16.7 Å². The van der Waals surface area contributed by atoms with Gasteiger partial charge in [0.2, 0.25) is 5.91 Å². The molecular weight excluding hydrogens is 391 g/mol. The van der Waals surface area contributed by atoms with Crippen LogP contribution in [0.25, 0.3) is 6.08 Å². The number of nitrogens with zero attached hydrogens (tertiary/aromatic N) is 1. The lowest BCUT2D eigenvalue weighted by atomic mass is 9.97. The second-order valence-corrected chi connectivity index (χ2v) is 7.62. The molecule has 0 saturated carbocycles. The molecule has 0 fully saturated rings. The minimum Gasteiger partial charge on any atom is -0.368 e. The summed E-state index contributed by atoms with van der Waals surface area (Å²) in [5.74, 6) is -1.28. The van der Waals surface area contributed by atoms with Crippen LogP contribution in [-0.2, 0) is 11.2 Å². The molecule has 156 valence electrons. The Balaban J connectivity index is 1.89. The number of hydrogen-bond acceptors (Lipinski definition) is 2. The number of hydrogen-bond donors (Lipinski definition) is 1. The highest BCUT2D eigenvalue weighted by atomic mass is 19.1. The zero-order chi connectivity index (χ0) is 22.0. The van der Waals surface area contributed by atoms with Crippen molar-refractivity contribution in [3.05, 3.63) is 113 Å². The molecule has 0 radical (unpaired) electrons. The maximum absolute atomic E-state index is 14.7. The van der Waals surface area contributed by atoms with Crippen molar-refractivity contribution in [1.29, 1.82) is 0 Å². The third kappa shape index (κ3) is 3.87. The topological polar surface area (TPSA) is 63.4 Å². The van der Waals surface area contributed by atoms with Crippen molar-refractivity contribution < 1.29 is 14.0 Å². The van der Waals surface area contributed by atoms with E-state index in [4.69, 9.17) is 5.73 Å². The highest BCUT2D eigenvalue weighted by molar-refractivity contribution is 5.98. The van der Waals surface area contributed by atoms with Crippen LogP contribution in [0, 0.1) is 5.82 Å². The van der Waals surface area contributed by atoms with Gasteiger partial charge in [-0.1, -0.05) is 61.2 Å². The minimum atomic E-state index is -0.986. The molecule has 1 aliphatic carbocycles. The molecule has 2 N–H and O–H groups in total. The molecule has 3 aromatic rings. The van der Waals surface area contributed by atoms with Crippen LogP contribution < -0.4 is 5.73 Å². The molecule has 0 aliphatic heterocycles. The molecule has 4 rings (SSSR count). The second-order valence-electron chi connectivity index (χ2n) is 7.62. The third-order valence-corrected chi connectivity index (χ3v) is 5.77. The van der Waals surface area contributed by atoms with Crippen molar-refractivity contribution in [2.75, 3.05) is 0 Å². The molecular formula is C26H23FN2O2. The van der Waals surface area contributed by atoms with E-state index in [-0.39, 0.29) is 11.7 Å². The number of halogens is 1. The molecule has 0 heterocycles. The lowest BCUT2D eigenvalue weighted by Gasteiger charge is -2.36. The second kappa shape index (κ2) is 8.56. The van der Waals surface area contributed by atoms with Crippen LogP contribution in [0.4, 0.5) is 4.39 Å². The Labute approximate surface area is 180 Å². The highest BCUT2D eigenvalue weighted by Crippen LogP contribution is 2.42. The standard InChI is InChI=1S/C26H23FN2O2/c1-2-17-15-21-20(22(27)16-17)13-14-23(21)29(26(31)19-11-7-4-8-12-19)24(25(28)30)18-9-5-3-6-10-18/h2-12,15-16,23-24H,1,13-14H2,(H2,28,30)/t23-,24-/m1/s1. The van der Waals surface area contributed by atoms with Crippen LogP contribution in [0.3, 0.4) is 0 Å². The fraction of sp³-hybridized carbons (Fsp3) is 0.154. The lowest BCUT2D eigenvalue weighted by molar-refractivity contribution is -0.123. The number of amides is 2. The molecule has 0 saturated heterocycles. The van der Waals surface area contributed by atoms with Crippen molar-refractivity contribution in [3.63, 3.8) is 0 Å². The SMILES string of the molecule is C=Cc1cc(F)c2c(c1)[C@H](N(C(=O)c1ccccc1)[C@@H](C(N)=O)c1ccccc1)CC2. The molecule has 0 bridgehead atoms. The Hall–Kier alpha value is -3.73. The molecule has 1 aliphatic rings. The zero-order valence-corrected chi connectivity index (χ0v) is 17.0. The maximum atomic E-state index is 14.7. The molecule has 31 heavy (non-hydrogen) atoms. The molecule has 2 amide bonds. The molecule has 5 heteroatoms. The van der Waals surface area contributed by atoms with Gasteiger partial charge in [-0.05, 0) is 59.4 Å². The van der Waals surface area contributed by atoms with Gasteiger partial charge in [-0.3, -0.25) is 9.59 Å². The van der Waals surface area contributed by atoms with E-state index in [0.717, 1.165) is 0 Å². The Morgan fingerprint density at radius 3 is 2.32 bits per heavy atom. The smallest absolute Gasteiger partial charge is 0.255 e. The lowest BCUT2D eigenvalue weighted by Crippen LogP contribution is -2.43. The van der Waals surface area contributed by atoms with Crippen LogP contribution in [0.1, 0.15) is 51.1 Å². The van der Waals surface area contributed by atoms with Gasteiger partial charge in [-0.15, -0.1) is 0 Å². The first-order valence-corrected chi connectivity index (χ1v) is 10.2. The summed E-state index contributed by atoms with van der Waals surface area (Å²) in [5, 5.41) is 0. The van der Waals surface area contributed by atoms with Gasteiger partial charge in [0.25, 0.3) is 5.91 Å². The minimum absolute atomic E-state index is 0.322. The number of carbonyl (C=O) groups is 2. The Kier molecular flexibility index (Phi) is 5.67. The van der Waals surface area contributed by atoms with Gasteiger partial charge in [0.1, 0.15) is 11.9 Å². The first-order valence-electron chi connectivity index (χ1n) is 10.2. The molecule has 3 aromatic carbocycles. The zero-order valence-electron chi connectivity index (χ0n) is 17.0. The van der Waals surface area contributed by atoms with E-state index >= 15 is 0 Å². The summed E-state index contributed by atoms with van der Waals surface area (Å²) in [5.41, 5.74) is 8.79. The van der Waals surface area contributed by atoms with Crippen molar-refractivity contribution in [1.82, 2.24) is 4.90 Å². The number of carbonyl (C=O) groups excluding carboxylic acids is 2.